The molecule has 1 aliphatic rings. The average Bonchev–Trinajstić information content (AvgIpc) is 1.98. The third-order valence-corrected chi connectivity index (χ3v) is 1.36. The van der Waals surface area contributed by atoms with E-state index >= 15 is 0 Å². The molecule has 1 heterocycles. The van der Waals surface area contributed by atoms with Crippen LogP contribution < -0.4 is 0 Å². The van der Waals surface area contributed by atoms with Crippen LogP contribution in [0.4, 0.5) is 0 Å². The van der Waals surface area contributed by atoms with Gasteiger partial charge in [0.1, 0.15) is 0 Å². The van der Waals surface area contributed by atoms with Crippen LogP contribution in [0.1, 0.15) is 0 Å². The lowest BCUT2D eigenvalue weighted by molar-refractivity contribution is -0.154. The van der Waals surface area contributed by atoms with Gasteiger partial charge in [-0.3, -0.25) is 0 Å². The number of carbonyl (C=O) groups excluding carboxylic acids is 2. The van der Waals surface area contributed by atoms with Crippen LogP contribution in [0.2, 0.25) is 0 Å². The SMILES string of the molecule is O=C1OC(=O)C(Cl)C1O. The summed E-state index contributed by atoms with van der Waals surface area (Å²) in [6.45, 7) is 0. The lowest BCUT2D eigenvalue weighted by Crippen LogP contribution is -2.23. The largest absolute Gasteiger partial charge is 0.390 e. The van der Waals surface area contributed by atoms with Crippen molar-refractivity contribution in [3.63, 3.8) is 0 Å². The molecular weight excluding hydrogens is 147 g/mol. The number of ether oxygens (including phenoxy) is 1. The number of hydrogen-bond acceptors (Lipinski definition) is 4. The molecule has 2 unspecified atom stereocenters. The van der Waals surface area contributed by atoms with Crippen molar-refractivity contribution in [1.82, 2.24) is 0 Å². The number of aliphatic hydroxyl groups excluding tert-OH is 1. The standard InChI is InChI=1S/C4H3ClO4/c5-1-2(6)4(8)9-3(1)7/h1-2,6H. The van der Waals surface area contributed by atoms with Crippen LogP contribution in [-0.2, 0) is 14.3 Å². The van der Waals surface area contributed by atoms with Gasteiger partial charge in [0.05, 0.1) is 0 Å². The van der Waals surface area contributed by atoms with Crippen molar-refractivity contribution < 1.29 is 19.4 Å². The summed E-state index contributed by atoms with van der Waals surface area (Å²) in [5.41, 5.74) is 0. The van der Waals surface area contributed by atoms with E-state index in [1.165, 1.54) is 0 Å². The van der Waals surface area contributed by atoms with Crippen molar-refractivity contribution in [2.75, 3.05) is 0 Å². The molecule has 9 heavy (non-hydrogen) atoms. The first-order chi connectivity index (χ1) is 4.13. The molecule has 1 rings (SSSR count). The molecule has 0 aromatic rings. The van der Waals surface area contributed by atoms with Crippen LogP contribution in [0.15, 0.2) is 0 Å². The summed E-state index contributed by atoms with van der Waals surface area (Å²) < 4.78 is 3.93. The van der Waals surface area contributed by atoms with Crippen molar-refractivity contribution in [3.8, 4) is 0 Å². The predicted octanol–water partition coefficient (Wildman–Crippen LogP) is -0.962. The zero-order valence-corrected chi connectivity index (χ0v) is 4.96. The Morgan fingerprint density at radius 3 is 2.11 bits per heavy atom. The monoisotopic (exact) mass is 150 g/mol. The molecular formula is C4H3ClO4. The Morgan fingerprint density at radius 2 is 2.00 bits per heavy atom. The predicted molar refractivity (Wildman–Crippen MR) is 26.7 cm³/mol. The van der Waals surface area contributed by atoms with Crippen LogP contribution in [0.5, 0.6) is 0 Å². The highest BCUT2D eigenvalue weighted by molar-refractivity contribution is 6.34. The van der Waals surface area contributed by atoms with E-state index < -0.39 is 23.4 Å². The van der Waals surface area contributed by atoms with E-state index in [0.29, 0.717) is 0 Å². The number of aliphatic hydroxyl groups is 1. The Balaban J connectivity index is 2.77. The summed E-state index contributed by atoms with van der Waals surface area (Å²) in [5, 5.41) is 7.38. The number of halogens is 1. The zero-order valence-electron chi connectivity index (χ0n) is 4.20. The first kappa shape index (κ1) is 6.51. The van der Waals surface area contributed by atoms with E-state index in [2.05, 4.69) is 4.74 Å². The first-order valence-corrected chi connectivity index (χ1v) is 2.64. The van der Waals surface area contributed by atoms with Gasteiger partial charge in [-0.25, -0.2) is 9.59 Å². The third-order valence-electron chi connectivity index (χ3n) is 0.945. The maximum absolute atomic E-state index is 10.3. The minimum absolute atomic E-state index is 0.880. The normalized spacial score (nSPS) is 34.9. The molecule has 0 radical (unpaired) electrons. The lowest BCUT2D eigenvalue weighted by atomic mass is 10.3. The van der Waals surface area contributed by atoms with E-state index in [4.69, 9.17) is 16.7 Å². The van der Waals surface area contributed by atoms with E-state index in [-0.39, 0.29) is 0 Å². The topological polar surface area (TPSA) is 63.6 Å². The fourth-order valence-corrected chi connectivity index (χ4v) is 0.612. The smallest absolute Gasteiger partial charge is 0.344 e. The fourth-order valence-electron chi connectivity index (χ4n) is 0.464. The zero-order chi connectivity index (χ0) is 7.02. The highest BCUT2D eigenvalue weighted by atomic mass is 35.5. The second kappa shape index (κ2) is 1.97. The van der Waals surface area contributed by atoms with E-state index in [1.54, 1.807) is 0 Å². The highest BCUT2D eigenvalue weighted by Crippen LogP contribution is 2.14. The van der Waals surface area contributed by atoms with Gasteiger partial charge in [0.25, 0.3) is 0 Å². The van der Waals surface area contributed by atoms with Gasteiger partial charge in [0, 0.05) is 0 Å². The van der Waals surface area contributed by atoms with E-state index in [1.807, 2.05) is 0 Å². The number of rotatable bonds is 0. The van der Waals surface area contributed by atoms with Crippen molar-refractivity contribution in [2.24, 2.45) is 0 Å². The summed E-state index contributed by atoms with van der Waals surface area (Å²) in [6.07, 6.45) is -1.49. The second-order valence-corrected chi connectivity index (χ2v) is 2.06. The Bertz CT molecular complexity index is 148. The number of carbonyl (C=O) groups is 2. The molecule has 0 aromatic carbocycles. The number of hydrogen-bond donors (Lipinski definition) is 1. The molecule has 0 bridgehead atoms. The Labute approximate surface area is 55.4 Å². The molecule has 0 spiro atoms. The van der Waals surface area contributed by atoms with Crippen molar-refractivity contribution in [2.45, 2.75) is 11.5 Å². The minimum Gasteiger partial charge on any atom is -0.390 e. The van der Waals surface area contributed by atoms with E-state index in [9.17, 15) is 9.59 Å². The molecule has 4 nitrogen and oxygen atoms in total. The second-order valence-electron chi connectivity index (χ2n) is 1.59. The summed E-state index contributed by atoms with van der Waals surface area (Å²) in [4.78, 5) is 20.5. The van der Waals surface area contributed by atoms with Crippen LogP contribution >= 0.6 is 11.6 Å². The highest BCUT2D eigenvalue weighted by Gasteiger charge is 2.41. The Morgan fingerprint density at radius 1 is 1.44 bits per heavy atom. The van der Waals surface area contributed by atoms with Gasteiger partial charge in [-0.15, -0.1) is 11.6 Å². The lowest BCUT2D eigenvalue weighted by Gasteiger charge is -1.93. The summed E-state index contributed by atoms with van der Waals surface area (Å²) in [7, 11) is 0. The third kappa shape index (κ3) is 0.906. The summed E-state index contributed by atoms with van der Waals surface area (Å²) >= 11 is 5.16. The maximum atomic E-state index is 10.3. The molecule has 2 atom stereocenters. The first-order valence-electron chi connectivity index (χ1n) is 2.20. The Hall–Kier alpha value is -0.610. The molecule has 0 aromatic heterocycles. The molecule has 1 aliphatic heterocycles. The number of cyclic esters (lactones) is 2. The molecule has 1 fully saturated rings. The van der Waals surface area contributed by atoms with Crippen LogP contribution in [-0.4, -0.2) is 28.5 Å². The van der Waals surface area contributed by atoms with Gasteiger partial charge in [-0.1, -0.05) is 0 Å². The van der Waals surface area contributed by atoms with Gasteiger partial charge in [0.15, 0.2) is 11.5 Å². The summed E-state index contributed by atoms with van der Waals surface area (Å²) in [6, 6.07) is 0. The maximum Gasteiger partial charge on any atom is 0.344 e. The quantitative estimate of drug-likeness (QED) is 0.274. The van der Waals surface area contributed by atoms with Gasteiger partial charge in [-0.05, 0) is 0 Å². The number of alkyl halides is 1. The van der Waals surface area contributed by atoms with Gasteiger partial charge in [0.2, 0.25) is 0 Å². The minimum atomic E-state index is -1.49. The van der Waals surface area contributed by atoms with Crippen LogP contribution in [0.3, 0.4) is 0 Å². The molecule has 1 N–H and O–H groups in total. The average molecular weight is 151 g/mol. The summed E-state index contributed by atoms with van der Waals surface area (Å²) in [5.74, 6) is -1.85. The van der Waals surface area contributed by atoms with Crippen molar-refractivity contribution >= 4 is 23.5 Å². The van der Waals surface area contributed by atoms with Gasteiger partial charge in [-0.2, -0.15) is 0 Å². The molecule has 0 amide bonds. The fraction of sp³-hybridized carbons (Fsp3) is 0.500. The molecule has 0 aliphatic carbocycles. The molecule has 1 saturated heterocycles. The van der Waals surface area contributed by atoms with Crippen molar-refractivity contribution in [1.29, 1.82) is 0 Å². The van der Waals surface area contributed by atoms with Gasteiger partial charge >= 0.3 is 11.9 Å². The van der Waals surface area contributed by atoms with Crippen LogP contribution in [0.25, 0.3) is 0 Å². The van der Waals surface area contributed by atoms with Gasteiger partial charge < -0.3 is 9.84 Å². The molecule has 5 heteroatoms. The molecule has 0 saturated carbocycles. The Kier molecular flexibility index (Phi) is 1.42. The van der Waals surface area contributed by atoms with Crippen molar-refractivity contribution in [3.05, 3.63) is 0 Å². The van der Waals surface area contributed by atoms with E-state index in [0.717, 1.165) is 0 Å². The van der Waals surface area contributed by atoms with Crippen LogP contribution in [0, 0.1) is 0 Å². The molecule has 50 valence electrons. The number of esters is 2.